The Morgan fingerprint density at radius 1 is 1.07 bits per heavy atom. The molecule has 0 aliphatic carbocycles. The third-order valence-electron chi connectivity index (χ3n) is 4.91. The lowest BCUT2D eigenvalue weighted by atomic mass is 9.87. The molecule has 4 nitrogen and oxygen atoms in total. The van der Waals surface area contributed by atoms with Crippen LogP contribution in [0.5, 0.6) is 5.75 Å². The second-order valence-electron chi connectivity index (χ2n) is 7.36. The molecule has 3 rings (SSSR count). The molecule has 3 aromatic rings. The van der Waals surface area contributed by atoms with E-state index in [0.717, 1.165) is 38.8 Å². The third kappa shape index (κ3) is 4.45. The van der Waals surface area contributed by atoms with Crippen LogP contribution in [-0.2, 0) is 14.3 Å². The molecule has 0 bridgehead atoms. The van der Waals surface area contributed by atoms with Gasteiger partial charge < -0.3 is 14.2 Å². The van der Waals surface area contributed by atoms with Gasteiger partial charge in [-0.25, -0.2) is 4.79 Å². The summed E-state index contributed by atoms with van der Waals surface area (Å²) in [4.78, 5) is 12.9. The van der Waals surface area contributed by atoms with Gasteiger partial charge in [0.25, 0.3) is 0 Å². The molecule has 5 heteroatoms. The van der Waals surface area contributed by atoms with Crippen LogP contribution < -0.4 is 4.74 Å². The lowest BCUT2D eigenvalue weighted by molar-refractivity contribution is -0.160. The van der Waals surface area contributed by atoms with Crippen molar-refractivity contribution in [3.63, 3.8) is 0 Å². The first kappa shape index (κ1) is 22.1. The summed E-state index contributed by atoms with van der Waals surface area (Å²) in [6, 6.07) is 15.5. The Kier molecular flexibility index (Phi) is 7.01. The zero-order valence-corrected chi connectivity index (χ0v) is 18.7. The van der Waals surface area contributed by atoms with Gasteiger partial charge in [0.2, 0.25) is 0 Å². The summed E-state index contributed by atoms with van der Waals surface area (Å²) < 4.78 is 17.1. The zero-order valence-electron chi connectivity index (χ0n) is 18.0. The summed E-state index contributed by atoms with van der Waals surface area (Å²) in [5, 5.41) is 2.59. The molecule has 0 radical (unpaired) electrons. The van der Waals surface area contributed by atoms with E-state index in [9.17, 15) is 4.79 Å². The van der Waals surface area contributed by atoms with Gasteiger partial charge in [-0.3, -0.25) is 0 Å². The van der Waals surface area contributed by atoms with Crippen LogP contribution in [0.4, 0.5) is 0 Å². The van der Waals surface area contributed by atoms with Crippen LogP contribution in [0.15, 0.2) is 48.5 Å². The summed E-state index contributed by atoms with van der Waals surface area (Å²) in [6.07, 6.45) is -0.996. The Balaban J connectivity index is 2.39. The predicted octanol–water partition coefficient (Wildman–Crippen LogP) is 6.51. The van der Waals surface area contributed by atoms with Gasteiger partial charge in [0.1, 0.15) is 5.75 Å². The van der Waals surface area contributed by atoms with Crippen molar-refractivity contribution in [2.75, 3.05) is 13.7 Å². The van der Waals surface area contributed by atoms with Crippen molar-refractivity contribution < 1.29 is 19.0 Å². The molecule has 30 heavy (non-hydrogen) atoms. The van der Waals surface area contributed by atoms with Gasteiger partial charge in [-0.05, 0) is 74.0 Å². The second-order valence-corrected chi connectivity index (χ2v) is 7.80. The normalized spacial score (nSPS) is 12.2. The maximum Gasteiger partial charge on any atom is 0.339 e. The van der Waals surface area contributed by atoms with Gasteiger partial charge in [-0.1, -0.05) is 35.9 Å². The first-order valence-electron chi connectivity index (χ1n) is 10.1. The van der Waals surface area contributed by atoms with E-state index in [0.29, 0.717) is 5.02 Å². The molecule has 0 aliphatic rings. The summed E-state index contributed by atoms with van der Waals surface area (Å²) in [7, 11) is 1.66. The van der Waals surface area contributed by atoms with Crippen molar-refractivity contribution in [2.24, 2.45) is 0 Å². The predicted molar refractivity (Wildman–Crippen MR) is 121 cm³/mol. The van der Waals surface area contributed by atoms with E-state index in [1.54, 1.807) is 14.0 Å². The smallest absolute Gasteiger partial charge is 0.339 e. The van der Waals surface area contributed by atoms with Gasteiger partial charge in [0.05, 0.1) is 19.8 Å². The lowest BCUT2D eigenvalue weighted by Crippen LogP contribution is -2.23. The van der Waals surface area contributed by atoms with Crippen LogP contribution in [0.2, 0.25) is 5.02 Å². The summed E-state index contributed by atoms with van der Waals surface area (Å²) >= 11 is 6.14. The molecule has 0 saturated carbocycles. The lowest BCUT2D eigenvalue weighted by Gasteiger charge is -2.25. The first-order chi connectivity index (χ1) is 14.4. The Morgan fingerprint density at radius 2 is 1.77 bits per heavy atom. The number of ether oxygens (including phenoxy) is 3. The number of fused-ring (bicyclic) bond motifs is 1. The average Bonchev–Trinajstić information content (AvgIpc) is 2.71. The van der Waals surface area contributed by atoms with E-state index >= 15 is 0 Å². The minimum Gasteiger partial charge on any atom is -0.496 e. The van der Waals surface area contributed by atoms with E-state index < -0.39 is 12.1 Å². The fourth-order valence-corrected chi connectivity index (χ4v) is 3.85. The molecular weight excluding hydrogens is 400 g/mol. The van der Waals surface area contributed by atoms with E-state index in [4.69, 9.17) is 25.8 Å². The molecule has 0 spiro atoms. The molecule has 158 valence electrons. The van der Waals surface area contributed by atoms with Crippen LogP contribution in [0, 0.1) is 6.92 Å². The number of hydrogen-bond acceptors (Lipinski definition) is 4. The number of benzene rings is 3. The number of carbonyl (C=O) groups excluding carboxylic acids is 1. The van der Waals surface area contributed by atoms with Crippen molar-refractivity contribution >= 4 is 28.3 Å². The Morgan fingerprint density at radius 3 is 2.37 bits per heavy atom. The molecule has 0 N–H and O–H groups in total. The van der Waals surface area contributed by atoms with Crippen molar-refractivity contribution in [1.82, 2.24) is 0 Å². The standard InChI is InChI=1S/C25H27ClO4/c1-6-29-25(27)24(30-15(2)3)22-16(4)14-20-19(8-7-9-21(20)28-5)23(22)17-10-12-18(26)13-11-17/h7-15,24H,6H2,1-5H3. The molecule has 0 fully saturated rings. The number of rotatable bonds is 7. The van der Waals surface area contributed by atoms with Crippen LogP contribution in [0.3, 0.4) is 0 Å². The molecular formula is C25H27ClO4. The van der Waals surface area contributed by atoms with Gasteiger partial charge in [0.15, 0.2) is 6.10 Å². The highest BCUT2D eigenvalue weighted by Crippen LogP contribution is 2.42. The number of methoxy groups -OCH3 is 1. The number of hydrogen-bond donors (Lipinski definition) is 0. The van der Waals surface area contributed by atoms with Crippen molar-refractivity contribution in [1.29, 1.82) is 0 Å². The van der Waals surface area contributed by atoms with Crippen LogP contribution in [0.1, 0.15) is 38.0 Å². The van der Waals surface area contributed by atoms with E-state index in [2.05, 4.69) is 0 Å². The molecule has 0 amide bonds. The molecule has 0 aromatic heterocycles. The van der Waals surface area contributed by atoms with Crippen LogP contribution in [0.25, 0.3) is 21.9 Å². The highest BCUT2D eigenvalue weighted by atomic mass is 35.5. The molecule has 0 heterocycles. The second kappa shape index (κ2) is 9.50. The van der Waals surface area contributed by atoms with E-state index in [-0.39, 0.29) is 12.7 Å². The fraction of sp³-hybridized carbons (Fsp3) is 0.320. The number of esters is 1. The van der Waals surface area contributed by atoms with Crippen molar-refractivity contribution in [2.45, 2.75) is 39.9 Å². The van der Waals surface area contributed by atoms with Gasteiger partial charge in [-0.2, -0.15) is 0 Å². The topological polar surface area (TPSA) is 44.8 Å². The van der Waals surface area contributed by atoms with Crippen LogP contribution >= 0.6 is 11.6 Å². The van der Waals surface area contributed by atoms with Gasteiger partial charge >= 0.3 is 5.97 Å². The quantitative estimate of drug-likeness (QED) is 0.404. The minimum absolute atomic E-state index is 0.155. The largest absolute Gasteiger partial charge is 0.496 e. The highest BCUT2D eigenvalue weighted by Gasteiger charge is 2.30. The van der Waals surface area contributed by atoms with Crippen LogP contribution in [-0.4, -0.2) is 25.8 Å². The number of aryl methyl sites for hydroxylation is 1. The highest BCUT2D eigenvalue weighted by molar-refractivity contribution is 6.30. The Bertz CT molecular complexity index is 1040. The molecule has 1 unspecified atom stereocenters. The first-order valence-corrected chi connectivity index (χ1v) is 10.4. The molecule has 1 atom stereocenters. The summed E-state index contributed by atoms with van der Waals surface area (Å²) in [6.45, 7) is 7.88. The number of carbonyl (C=O) groups is 1. The zero-order chi connectivity index (χ0) is 21.8. The van der Waals surface area contributed by atoms with E-state index in [1.165, 1.54) is 0 Å². The Labute approximate surface area is 182 Å². The third-order valence-corrected chi connectivity index (χ3v) is 5.17. The van der Waals surface area contributed by atoms with Gasteiger partial charge in [-0.15, -0.1) is 0 Å². The average molecular weight is 427 g/mol. The Hall–Kier alpha value is -2.56. The molecule has 0 saturated heterocycles. The van der Waals surface area contributed by atoms with Crippen molar-refractivity contribution in [3.05, 3.63) is 64.7 Å². The monoisotopic (exact) mass is 426 g/mol. The van der Waals surface area contributed by atoms with E-state index in [1.807, 2.05) is 69.3 Å². The maximum absolute atomic E-state index is 12.9. The molecule has 0 aliphatic heterocycles. The summed E-state index contributed by atoms with van der Waals surface area (Å²) in [5.41, 5.74) is 3.58. The molecule has 3 aromatic carbocycles. The minimum atomic E-state index is -0.841. The number of halogens is 1. The van der Waals surface area contributed by atoms with Crippen molar-refractivity contribution in [3.8, 4) is 16.9 Å². The SMILES string of the molecule is CCOC(=O)C(OC(C)C)c1c(C)cc2c(OC)cccc2c1-c1ccc(Cl)cc1. The van der Waals surface area contributed by atoms with Gasteiger partial charge in [0, 0.05) is 16.0 Å². The summed E-state index contributed by atoms with van der Waals surface area (Å²) in [5.74, 6) is 0.376. The fourth-order valence-electron chi connectivity index (χ4n) is 3.72. The maximum atomic E-state index is 12.9.